The maximum absolute atomic E-state index is 11.3. The molecule has 0 amide bonds. The summed E-state index contributed by atoms with van der Waals surface area (Å²) in [5, 5.41) is 3.09. The van der Waals surface area contributed by atoms with Crippen molar-refractivity contribution < 1.29 is 8.42 Å². The number of nitrogen functional groups attached to an aromatic ring is 2. The zero-order valence-electron chi connectivity index (χ0n) is 11.0. The topological polar surface area (TPSA) is 111 Å². The highest BCUT2D eigenvalue weighted by molar-refractivity contribution is 7.90. The van der Waals surface area contributed by atoms with Crippen molar-refractivity contribution in [1.82, 2.24) is 4.98 Å². The number of nitrogens with two attached hydrogens (primary N) is 2. The monoisotopic (exact) mass is 292 g/mol. The summed E-state index contributed by atoms with van der Waals surface area (Å²) >= 11 is 0. The second-order valence-electron chi connectivity index (χ2n) is 4.44. The van der Waals surface area contributed by atoms with Crippen LogP contribution in [0, 0.1) is 0 Å². The standard InChI is InChI=1S/C13H16N4O2S/c1-20(18,19)10-4-2-9(3-5-10)8-16-12-7-6-11(14)13(15)17-12/h2-7H,8,14H2,1H3,(H3,15,16,17). The third-order valence-corrected chi connectivity index (χ3v) is 3.91. The van der Waals surface area contributed by atoms with Gasteiger partial charge in [0, 0.05) is 12.8 Å². The molecule has 0 saturated heterocycles. The first-order valence-corrected chi connectivity index (χ1v) is 7.80. The smallest absolute Gasteiger partial charge is 0.175 e. The largest absolute Gasteiger partial charge is 0.396 e. The molecule has 0 bridgehead atoms. The van der Waals surface area contributed by atoms with Crippen molar-refractivity contribution >= 4 is 27.2 Å². The predicted molar refractivity (Wildman–Crippen MR) is 79.9 cm³/mol. The number of pyridine rings is 1. The highest BCUT2D eigenvalue weighted by Crippen LogP contribution is 2.16. The molecule has 0 radical (unpaired) electrons. The quantitative estimate of drug-likeness (QED) is 0.782. The molecule has 106 valence electrons. The molecule has 2 aromatic rings. The van der Waals surface area contributed by atoms with Crippen LogP contribution in [0.15, 0.2) is 41.3 Å². The van der Waals surface area contributed by atoms with Gasteiger partial charge in [-0.25, -0.2) is 13.4 Å². The van der Waals surface area contributed by atoms with Gasteiger partial charge in [-0.3, -0.25) is 0 Å². The van der Waals surface area contributed by atoms with Gasteiger partial charge in [0.2, 0.25) is 0 Å². The Kier molecular flexibility index (Phi) is 3.80. The van der Waals surface area contributed by atoms with Gasteiger partial charge >= 0.3 is 0 Å². The molecule has 5 N–H and O–H groups in total. The van der Waals surface area contributed by atoms with E-state index in [4.69, 9.17) is 11.5 Å². The Morgan fingerprint density at radius 3 is 2.30 bits per heavy atom. The van der Waals surface area contributed by atoms with Crippen LogP contribution < -0.4 is 16.8 Å². The molecule has 2 rings (SSSR count). The Morgan fingerprint density at radius 1 is 1.10 bits per heavy atom. The third-order valence-electron chi connectivity index (χ3n) is 2.78. The summed E-state index contributed by atoms with van der Waals surface area (Å²) in [6.45, 7) is 0.514. The van der Waals surface area contributed by atoms with E-state index < -0.39 is 9.84 Å². The van der Waals surface area contributed by atoms with Gasteiger partial charge in [0.05, 0.1) is 10.6 Å². The van der Waals surface area contributed by atoms with Crippen LogP contribution in [0.4, 0.5) is 17.3 Å². The van der Waals surface area contributed by atoms with Gasteiger partial charge in [0.1, 0.15) is 11.6 Å². The van der Waals surface area contributed by atoms with Crippen molar-refractivity contribution in [2.75, 3.05) is 23.0 Å². The van der Waals surface area contributed by atoms with Crippen molar-refractivity contribution in [3.05, 3.63) is 42.0 Å². The Bertz CT molecular complexity index is 712. The van der Waals surface area contributed by atoms with Gasteiger partial charge in [-0.1, -0.05) is 12.1 Å². The van der Waals surface area contributed by atoms with E-state index in [1.54, 1.807) is 36.4 Å². The average molecular weight is 292 g/mol. The van der Waals surface area contributed by atoms with Crippen LogP contribution in [0.25, 0.3) is 0 Å². The number of hydrogen-bond acceptors (Lipinski definition) is 6. The Hall–Kier alpha value is -2.28. The number of rotatable bonds is 4. The summed E-state index contributed by atoms with van der Waals surface area (Å²) in [6, 6.07) is 10.1. The fraction of sp³-hybridized carbons (Fsp3) is 0.154. The number of aromatic nitrogens is 1. The van der Waals surface area contributed by atoms with Crippen LogP contribution in [0.1, 0.15) is 5.56 Å². The molecular weight excluding hydrogens is 276 g/mol. The van der Waals surface area contributed by atoms with Gasteiger partial charge < -0.3 is 16.8 Å². The molecule has 1 aromatic carbocycles. The SMILES string of the molecule is CS(=O)(=O)c1ccc(CNc2ccc(N)c(N)n2)cc1. The van der Waals surface area contributed by atoms with Gasteiger partial charge in [0.15, 0.2) is 9.84 Å². The van der Waals surface area contributed by atoms with Gasteiger partial charge in [0.25, 0.3) is 0 Å². The predicted octanol–water partition coefficient (Wildman–Crippen LogP) is 1.26. The fourth-order valence-electron chi connectivity index (χ4n) is 1.63. The van der Waals surface area contributed by atoms with Crippen molar-refractivity contribution in [3.8, 4) is 0 Å². The van der Waals surface area contributed by atoms with Crippen molar-refractivity contribution in [3.63, 3.8) is 0 Å². The normalized spacial score (nSPS) is 11.2. The molecule has 0 unspecified atom stereocenters. The van der Waals surface area contributed by atoms with E-state index in [0.717, 1.165) is 5.56 Å². The van der Waals surface area contributed by atoms with E-state index in [-0.39, 0.29) is 5.82 Å². The molecule has 20 heavy (non-hydrogen) atoms. The highest BCUT2D eigenvalue weighted by atomic mass is 32.2. The fourth-order valence-corrected chi connectivity index (χ4v) is 2.26. The first kappa shape index (κ1) is 14.1. The van der Waals surface area contributed by atoms with E-state index in [1.165, 1.54) is 6.26 Å². The lowest BCUT2D eigenvalue weighted by atomic mass is 10.2. The van der Waals surface area contributed by atoms with Gasteiger partial charge in [-0.15, -0.1) is 0 Å². The lowest BCUT2D eigenvalue weighted by Gasteiger charge is -2.08. The van der Waals surface area contributed by atoms with E-state index in [0.29, 0.717) is 22.9 Å². The Labute approximate surface area is 117 Å². The van der Waals surface area contributed by atoms with E-state index >= 15 is 0 Å². The van der Waals surface area contributed by atoms with E-state index in [9.17, 15) is 8.42 Å². The lowest BCUT2D eigenvalue weighted by Crippen LogP contribution is -2.05. The molecule has 0 aliphatic carbocycles. The van der Waals surface area contributed by atoms with E-state index in [2.05, 4.69) is 10.3 Å². The molecule has 0 fully saturated rings. The first-order chi connectivity index (χ1) is 9.36. The summed E-state index contributed by atoms with van der Waals surface area (Å²) < 4.78 is 22.7. The highest BCUT2D eigenvalue weighted by Gasteiger charge is 2.06. The van der Waals surface area contributed by atoms with Crippen LogP contribution in [0.3, 0.4) is 0 Å². The second-order valence-corrected chi connectivity index (χ2v) is 6.46. The van der Waals surface area contributed by atoms with Crippen molar-refractivity contribution in [1.29, 1.82) is 0 Å². The molecule has 0 aliphatic rings. The molecule has 1 heterocycles. The minimum Gasteiger partial charge on any atom is -0.396 e. The number of nitrogens with one attached hydrogen (secondary N) is 1. The van der Waals surface area contributed by atoms with Gasteiger partial charge in [-0.2, -0.15) is 0 Å². The van der Waals surface area contributed by atoms with Crippen LogP contribution >= 0.6 is 0 Å². The van der Waals surface area contributed by atoms with Crippen LogP contribution in [0.5, 0.6) is 0 Å². The molecule has 0 aliphatic heterocycles. The molecule has 1 aromatic heterocycles. The number of benzene rings is 1. The molecule has 0 saturated carbocycles. The van der Waals surface area contributed by atoms with Crippen molar-refractivity contribution in [2.24, 2.45) is 0 Å². The Morgan fingerprint density at radius 2 is 1.75 bits per heavy atom. The number of hydrogen-bond donors (Lipinski definition) is 3. The summed E-state index contributed by atoms with van der Waals surface area (Å²) in [7, 11) is -3.16. The second kappa shape index (κ2) is 5.38. The van der Waals surface area contributed by atoms with Crippen LogP contribution in [-0.4, -0.2) is 19.7 Å². The number of anilines is 3. The van der Waals surface area contributed by atoms with Gasteiger partial charge in [-0.05, 0) is 29.8 Å². The van der Waals surface area contributed by atoms with Crippen molar-refractivity contribution in [2.45, 2.75) is 11.4 Å². The zero-order chi connectivity index (χ0) is 14.8. The molecule has 0 spiro atoms. The van der Waals surface area contributed by atoms with E-state index in [1.807, 2.05) is 0 Å². The van der Waals surface area contributed by atoms with Crippen LogP contribution in [-0.2, 0) is 16.4 Å². The summed E-state index contributed by atoms with van der Waals surface area (Å²) in [6.07, 6.45) is 1.18. The maximum atomic E-state index is 11.3. The summed E-state index contributed by atoms with van der Waals surface area (Å²) in [4.78, 5) is 4.39. The summed E-state index contributed by atoms with van der Waals surface area (Å²) in [5.41, 5.74) is 12.6. The summed E-state index contributed by atoms with van der Waals surface area (Å²) in [5.74, 6) is 0.895. The minimum absolute atomic E-state index is 0.280. The molecule has 6 nitrogen and oxygen atoms in total. The average Bonchev–Trinajstić information content (AvgIpc) is 2.40. The number of nitrogens with zero attached hydrogens (tertiary/aromatic N) is 1. The zero-order valence-corrected chi connectivity index (χ0v) is 11.8. The maximum Gasteiger partial charge on any atom is 0.175 e. The third kappa shape index (κ3) is 3.39. The molecule has 7 heteroatoms. The lowest BCUT2D eigenvalue weighted by molar-refractivity contribution is 0.602. The molecular formula is C13H16N4O2S. The van der Waals surface area contributed by atoms with Crippen LogP contribution in [0.2, 0.25) is 0 Å². The minimum atomic E-state index is -3.16. The number of sulfone groups is 1. The molecule has 0 atom stereocenters. The first-order valence-electron chi connectivity index (χ1n) is 5.91. The Balaban J connectivity index is 2.06.